The molecule has 0 radical (unpaired) electrons. The summed E-state index contributed by atoms with van der Waals surface area (Å²) >= 11 is 0. The molecule has 4 N–H and O–H groups in total. The third kappa shape index (κ3) is 9.89. The molecule has 1 atom stereocenters. The lowest BCUT2D eigenvalue weighted by atomic mass is 9.85. The summed E-state index contributed by atoms with van der Waals surface area (Å²) in [5.74, 6) is -2.12. The van der Waals surface area contributed by atoms with Crippen molar-refractivity contribution in [2.75, 3.05) is 6.54 Å². The lowest BCUT2D eigenvalue weighted by Crippen LogP contribution is -2.38. The molecule has 0 aliphatic carbocycles. The van der Waals surface area contributed by atoms with E-state index < -0.39 is 11.9 Å². The molecule has 0 saturated heterocycles. The minimum Gasteiger partial charge on any atom is -0.508 e. The van der Waals surface area contributed by atoms with Crippen molar-refractivity contribution in [3.8, 4) is 5.75 Å². The number of nitrogens with zero attached hydrogens (tertiary/aromatic N) is 1. The van der Waals surface area contributed by atoms with Gasteiger partial charge in [-0.15, -0.1) is 0 Å². The van der Waals surface area contributed by atoms with Crippen LogP contribution in [0.2, 0.25) is 0 Å². The first-order valence-corrected chi connectivity index (χ1v) is 10.9. The lowest BCUT2D eigenvalue weighted by Gasteiger charge is -2.32. The molecule has 0 aromatic heterocycles. The van der Waals surface area contributed by atoms with E-state index in [1.807, 2.05) is 24.3 Å². The zero-order chi connectivity index (χ0) is 25.0. The number of benzene rings is 2. The first kappa shape index (κ1) is 27.9. The quantitative estimate of drug-likeness (QED) is 0.394. The van der Waals surface area contributed by atoms with Crippen molar-refractivity contribution in [2.24, 2.45) is 0 Å². The van der Waals surface area contributed by atoms with Gasteiger partial charge < -0.3 is 20.4 Å². The van der Waals surface area contributed by atoms with Crippen LogP contribution in [0, 0.1) is 0 Å². The molecule has 180 valence electrons. The predicted molar refractivity (Wildman–Crippen MR) is 128 cm³/mol. The van der Waals surface area contributed by atoms with Crippen LogP contribution in [0.3, 0.4) is 0 Å². The number of carboxylic acids is 2. The number of aromatic hydroxyl groups is 1. The molecule has 0 amide bonds. The van der Waals surface area contributed by atoms with Crippen LogP contribution in [0.15, 0.2) is 60.7 Å². The van der Waals surface area contributed by atoms with E-state index in [-0.39, 0.29) is 18.3 Å². The van der Waals surface area contributed by atoms with Gasteiger partial charge in [0.05, 0.1) is 6.61 Å². The van der Waals surface area contributed by atoms with Gasteiger partial charge in [-0.25, -0.2) is 9.59 Å². The molecule has 0 aliphatic heterocycles. The SMILES string of the molecule is CC(C)N(CC[C@H](c1ccccc1)c1cc(O)ccc1CO)C(C)C.O=C(O)/C=C/C(=O)O. The zero-order valence-corrected chi connectivity index (χ0v) is 19.7. The average Bonchev–Trinajstić information content (AvgIpc) is 2.76. The van der Waals surface area contributed by atoms with Crippen molar-refractivity contribution in [3.05, 3.63) is 77.4 Å². The van der Waals surface area contributed by atoms with E-state index in [4.69, 9.17) is 10.2 Å². The number of hydrogen-bond donors (Lipinski definition) is 4. The van der Waals surface area contributed by atoms with E-state index in [0.717, 1.165) is 24.1 Å². The van der Waals surface area contributed by atoms with Gasteiger partial charge in [0, 0.05) is 30.2 Å². The second kappa shape index (κ2) is 14.1. The average molecular weight is 458 g/mol. The van der Waals surface area contributed by atoms with Crippen molar-refractivity contribution in [3.63, 3.8) is 0 Å². The second-order valence-electron chi connectivity index (χ2n) is 8.23. The normalized spacial score (nSPS) is 12.1. The van der Waals surface area contributed by atoms with Crippen molar-refractivity contribution in [2.45, 2.75) is 58.7 Å². The van der Waals surface area contributed by atoms with Gasteiger partial charge in [-0.3, -0.25) is 4.90 Å². The largest absolute Gasteiger partial charge is 0.508 e. The topological polar surface area (TPSA) is 118 Å². The molecule has 0 heterocycles. The van der Waals surface area contributed by atoms with Crippen molar-refractivity contribution in [1.82, 2.24) is 4.90 Å². The number of aliphatic carboxylic acids is 2. The van der Waals surface area contributed by atoms with E-state index in [2.05, 4.69) is 44.7 Å². The smallest absolute Gasteiger partial charge is 0.328 e. The van der Waals surface area contributed by atoms with Crippen molar-refractivity contribution in [1.29, 1.82) is 0 Å². The summed E-state index contributed by atoms with van der Waals surface area (Å²) in [4.78, 5) is 21.6. The number of aliphatic hydroxyl groups is 1. The summed E-state index contributed by atoms with van der Waals surface area (Å²) in [6.45, 7) is 9.86. The van der Waals surface area contributed by atoms with Crippen LogP contribution in [-0.2, 0) is 16.2 Å². The van der Waals surface area contributed by atoms with Crippen molar-refractivity contribution >= 4 is 11.9 Å². The molecule has 0 spiro atoms. The van der Waals surface area contributed by atoms with Crippen LogP contribution >= 0.6 is 0 Å². The number of rotatable bonds is 10. The minimum absolute atomic E-state index is 0.0168. The molecule has 7 heteroatoms. The van der Waals surface area contributed by atoms with Gasteiger partial charge in [0.2, 0.25) is 0 Å². The highest BCUT2D eigenvalue weighted by molar-refractivity contribution is 5.89. The highest BCUT2D eigenvalue weighted by Crippen LogP contribution is 2.33. The molecule has 33 heavy (non-hydrogen) atoms. The Kier molecular flexibility index (Phi) is 11.9. The van der Waals surface area contributed by atoms with Crippen LogP contribution in [0.1, 0.15) is 56.7 Å². The molecule has 0 bridgehead atoms. The van der Waals surface area contributed by atoms with Gasteiger partial charge in [0.25, 0.3) is 0 Å². The molecule has 7 nitrogen and oxygen atoms in total. The number of hydrogen-bond acceptors (Lipinski definition) is 5. The summed E-state index contributed by atoms with van der Waals surface area (Å²) in [5.41, 5.74) is 3.11. The van der Waals surface area contributed by atoms with Crippen LogP contribution in [0.25, 0.3) is 0 Å². The van der Waals surface area contributed by atoms with Gasteiger partial charge in [-0.1, -0.05) is 36.4 Å². The molecule has 0 saturated carbocycles. The van der Waals surface area contributed by atoms with Crippen molar-refractivity contribution < 1.29 is 30.0 Å². The number of phenols is 1. The van der Waals surface area contributed by atoms with Crippen LogP contribution in [0.5, 0.6) is 5.75 Å². The maximum absolute atomic E-state index is 9.99. The molecule has 2 rings (SSSR count). The first-order valence-electron chi connectivity index (χ1n) is 10.9. The number of carbonyl (C=O) groups is 2. The second-order valence-corrected chi connectivity index (χ2v) is 8.23. The van der Waals surface area contributed by atoms with E-state index in [1.165, 1.54) is 5.56 Å². The fourth-order valence-corrected chi connectivity index (χ4v) is 3.77. The van der Waals surface area contributed by atoms with Crippen LogP contribution in [0.4, 0.5) is 0 Å². The Morgan fingerprint density at radius 3 is 1.91 bits per heavy atom. The van der Waals surface area contributed by atoms with Gasteiger partial charge in [-0.05, 0) is 69.5 Å². The molecular formula is C26H35NO6. The molecule has 0 aliphatic rings. The summed E-state index contributed by atoms with van der Waals surface area (Å²) in [6, 6.07) is 16.6. The predicted octanol–water partition coefficient (Wildman–Crippen LogP) is 4.24. The van der Waals surface area contributed by atoms with E-state index in [0.29, 0.717) is 24.2 Å². The molecular weight excluding hydrogens is 422 g/mol. The Balaban J connectivity index is 0.000000582. The fraction of sp³-hybridized carbons (Fsp3) is 0.385. The number of aliphatic hydroxyl groups excluding tert-OH is 1. The van der Waals surface area contributed by atoms with Crippen LogP contribution in [-0.4, -0.2) is 55.9 Å². The van der Waals surface area contributed by atoms with E-state index in [1.54, 1.807) is 12.1 Å². The third-order valence-corrected chi connectivity index (χ3v) is 5.25. The molecule has 0 fully saturated rings. The number of carboxylic acid groups (broad SMARTS) is 2. The first-order chi connectivity index (χ1) is 15.6. The summed E-state index contributed by atoms with van der Waals surface area (Å²) in [5, 5.41) is 35.4. The maximum Gasteiger partial charge on any atom is 0.328 e. The molecule has 0 unspecified atom stereocenters. The monoisotopic (exact) mass is 457 g/mol. The van der Waals surface area contributed by atoms with Crippen LogP contribution < -0.4 is 0 Å². The zero-order valence-electron chi connectivity index (χ0n) is 19.7. The molecule has 2 aromatic carbocycles. The Labute approximate surface area is 195 Å². The van der Waals surface area contributed by atoms with E-state index >= 15 is 0 Å². The Morgan fingerprint density at radius 1 is 0.909 bits per heavy atom. The van der Waals surface area contributed by atoms with Gasteiger partial charge in [0.15, 0.2) is 0 Å². The molecule has 2 aromatic rings. The van der Waals surface area contributed by atoms with Gasteiger partial charge in [-0.2, -0.15) is 0 Å². The summed E-state index contributed by atoms with van der Waals surface area (Å²) in [7, 11) is 0. The number of phenolic OH excluding ortho intramolecular Hbond substituents is 1. The third-order valence-electron chi connectivity index (χ3n) is 5.25. The highest BCUT2D eigenvalue weighted by atomic mass is 16.4. The standard InChI is InChI=1S/C22H31NO2.C4H4O4/c1-16(2)23(17(3)4)13-12-21(18-8-6-5-7-9-18)22-14-20(25)11-10-19(22)15-24;5-3(6)1-2-4(7)8/h5-11,14,16-17,21,24-25H,12-13,15H2,1-4H3;1-2H,(H,5,6)(H,7,8)/b;2-1+/t21-;/m1./s1. The minimum atomic E-state index is -1.26. The van der Waals surface area contributed by atoms with Gasteiger partial charge in [0.1, 0.15) is 5.75 Å². The Hall–Kier alpha value is -3.16. The Bertz CT molecular complexity index is 884. The fourth-order valence-electron chi connectivity index (χ4n) is 3.77. The summed E-state index contributed by atoms with van der Waals surface area (Å²) in [6.07, 6.45) is 2.06. The Morgan fingerprint density at radius 2 is 1.45 bits per heavy atom. The summed E-state index contributed by atoms with van der Waals surface area (Å²) < 4.78 is 0. The maximum atomic E-state index is 9.99. The highest BCUT2D eigenvalue weighted by Gasteiger charge is 2.21. The lowest BCUT2D eigenvalue weighted by molar-refractivity contribution is -0.134. The van der Waals surface area contributed by atoms with E-state index in [9.17, 15) is 19.8 Å². The van der Waals surface area contributed by atoms with Gasteiger partial charge >= 0.3 is 11.9 Å².